The molecule has 1 saturated heterocycles. The first kappa shape index (κ1) is 25.0. The Bertz CT molecular complexity index is 1370. The molecule has 1 N–H and O–H groups in total. The summed E-state index contributed by atoms with van der Waals surface area (Å²) >= 11 is 5.84. The highest BCUT2D eigenvalue weighted by Crippen LogP contribution is 2.34. The van der Waals surface area contributed by atoms with E-state index in [1.807, 2.05) is 6.92 Å². The number of carbonyl (C=O) groups is 3. The molecule has 1 fully saturated rings. The maximum absolute atomic E-state index is 13.5. The van der Waals surface area contributed by atoms with Crippen LogP contribution in [0.4, 0.5) is 14.9 Å². The molecule has 3 aromatic rings. The van der Waals surface area contributed by atoms with E-state index in [0.29, 0.717) is 36.0 Å². The van der Waals surface area contributed by atoms with E-state index in [1.54, 1.807) is 19.1 Å². The fourth-order valence-corrected chi connectivity index (χ4v) is 3.69. The van der Waals surface area contributed by atoms with E-state index in [1.165, 1.54) is 42.5 Å². The van der Waals surface area contributed by atoms with Crippen LogP contribution in [0.5, 0.6) is 11.5 Å². The minimum atomic E-state index is -0.895. The summed E-state index contributed by atoms with van der Waals surface area (Å²) in [4.78, 5) is 39.2. The van der Waals surface area contributed by atoms with Gasteiger partial charge < -0.3 is 13.9 Å². The van der Waals surface area contributed by atoms with E-state index in [-0.39, 0.29) is 22.0 Å². The molecule has 0 aliphatic carbocycles. The molecular weight excluding hydrogens is 491 g/mol. The first-order chi connectivity index (χ1) is 17.3. The lowest BCUT2D eigenvalue weighted by Crippen LogP contribution is -2.54. The van der Waals surface area contributed by atoms with Crippen LogP contribution < -0.4 is 19.7 Å². The zero-order chi connectivity index (χ0) is 25.8. The quantitative estimate of drug-likeness (QED) is 0.312. The summed E-state index contributed by atoms with van der Waals surface area (Å²) in [6.07, 6.45) is 2.02. The number of carbonyl (C=O) groups excluding carboxylic acids is 3. The third-order valence-electron chi connectivity index (χ3n) is 5.17. The molecule has 1 aromatic heterocycles. The van der Waals surface area contributed by atoms with E-state index in [0.717, 1.165) is 11.3 Å². The van der Waals surface area contributed by atoms with Gasteiger partial charge in [-0.1, -0.05) is 18.5 Å². The van der Waals surface area contributed by atoms with E-state index in [9.17, 15) is 18.8 Å². The average molecular weight is 513 g/mol. The highest BCUT2D eigenvalue weighted by atomic mass is 35.5. The third-order valence-corrected chi connectivity index (χ3v) is 5.46. The number of benzene rings is 2. The van der Waals surface area contributed by atoms with Crippen molar-refractivity contribution < 1.29 is 32.7 Å². The van der Waals surface area contributed by atoms with Crippen molar-refractivity contribution in [1.82, 2.24) is 5.32 Å². The van der Waals surface area contributed by atoms with E-state index in [4.69, 9.17) is 25.5 Å². The summed E-state index contributed by atoms with van der Waals surface area (Å²) < 4.78 is 30.5. The van der Waals surface area contributed by atoms with Crippen molar-refractivity contribution in [3.63, 3.8) is 0 Å². The Hall–Kier alpha value is -4.11. The van der Waals surface area contributed by atoms with Gasteiger partial charge >= 0.3 is 6.03 Å². The van der Waals surface area contributed by atoms with Crippen LogP contribution in [0.2, 0.25) is 5.02 Å². The minimum Gasteiger partial charge on any atom is -0.490 e. The number of rotatable bonds is 8. The number of imide groups is 2. The third kappa shape index (κ3) is 5.11. The zero-order valence-corrected chi connectivity index (χ0v) is 20.2. The van der Waals surface area contributed by atoms with Crippen LogP contribution in [-0.2, 0) is 9.59 Å². The summed E-state index contributed by atoms with van der Waals surface area (Å²) in [5.74, 6) is -0.904. The number of urea groups is 1. The van der Waals surface area contributed by atoms with Gasteiger partial charge in [0.2, 0.25) is 0 Å². The van der Waals surface area contributed by atoms with Crippen molar-refractivity contribution in [2.45, 2.75) is 20.3 Å². The maximum atomic E-state index is 13.5. The predicted octanol–water partition coefficient (Wildman–Crippen LogP) is 5.59. The van der Waals surface area contributed by atoms with E-state index >= 15 is 0 Å². The van der Waals surface area contributed by atoms with Gasteiger partial charge in [0, 0.05) is 11.6 Å². The Morgan fingerprint density at radius 1 is 1.03 bits per heavy atom. The Morgan fingerprint density at radius 2 is 1.83 bits per heavy atom. The molecule has 0 spiro atoms. The Morgan fingerprint density at radius 3 is 2.56 bits per heavy atom. The molecule has 10 heteroatoms. The molecule has 1 aliphatic heterocycles. The monoisotopic (exact) mass is 512 g/mol. The first-order valence-corrected chi connectivity index (χ1v) is 11.6. The summed E-state index contributed by atoms with van der Waals surface area (Å²) in [7, 11) is 0. The number of nitrogens with zero attached hydrogens (tertiary/aromatic N) is 1. The zero-order valence-electron chi connectivity index (χ0n) is 19.5. The molecule has 0 atom stereocenters. The molecule has 0 bridgehead atoms. The predicted molar refractivity (Wildman–Crippen MR) is 132 cm³/mol. The fourth-order valence-electron chi connectivity index (χ4n) is 3.50. The summed E-state index contributed by atoms with van der Waals surface area (Å²) in [5.41, 5.74) is 0.400. The first-order valence-electron chi connectivity index (χ1n) is 11.2. The second kappa shape index (κ2) is 10.7. The minimum absolute atomic E-state index is 0.0719. The second-order valence-corrected chi connectivity index (χ2v) is 8.11. The standard InChI is InChI=1S/C26H22ClFN2O6/c1-3-11-35-22-9-6-16(13-23(22)34-4-2)30-25(32)18(24(31)29-26(30)33)14-17-7-10-21(36-17)15-5-8-20(28)19(27)12-15/h5-10,12-14H,3-4,11H2,1-2H3,(H,29,31,33)/b18-14+. The smallest absolute Gasteiger partial charge is 0.335 e. The molecule has 4 amide bonds. The van der Waals surface area contributed by atoms with Crippen LogP contribution in [0.25, 0.3) is 17.4 Å². The number of halogens is 2. The van der Waals surface area contributed by atoms with Gasteiger partial charge in [0.15, 0.2) is 11.5 Å². The van der Waals surface area contributed by atoms with Crippen LogP contribution in [-0.4, -0.2) is 31.1 Å². The van der Waals surface area contributed by atoms with Crippen molar-refractivity contribution in [1.29, 1.82) is 0 Å². The van der Waals surface area contributed by atoms with Crippen molar-refractivity contribution in [3.05, 3.63) is 70.7 Å². The number of amides is 4. The van der Waals surface area contributed by atoms with Gasteiger partial charge in [-0.05, 0) is 61.9 Å². The van der Waals surface area contributed by atoms with Crippen molar-refractivity contribution in [2.75, 3.05) is 18.1 Å². The van der Waals surface area contributed by atoms with Gasteiger partial charge in [-0.2, -0.15) is 0 Å². The highest BCUT2D eigenvalue weighted by Gasteiger charge is 2.37. The lowest BCUT2D eigenvalue weighted by molar-refractivity contribution is -0.122. The normalized spacial score (nSPS) is 14.8. The molecule has 36 heavy (non-hydrogen) atoms. The molecule has 2 aromatic carbocycles. The molecule has 4 rings (SSSR count). The largest absolute Gasteiger partial charge is 0.490 e. The molecule has 8 nitrogen and oxygen atoms in total. The molecule has 0 unspecified atom stereocenters. The van der Waals surface area contributed by atoms with Gasteiger partial charge in [-0.25, -0.2) is 14.1 Å². The number of barbiturate groups is 1. The van der Waals surface area contributed by atoms with Crippen molar-refractivity contribution >= 4 is 41.2 Å². The van der Waals surface area contributed by atoms with Crippen LogP contribution in [0.3, 0.4) is 0 Å². The van der Waals surface area contributed by atoms with Crippen LogP contribution in [0.15, 0.2) is 58.5 Å². The molecule has 0 radical (unpaired) electrons. The van der Waals surface area contributed by atoms with E-state index in [2.05, 4.69) is 5.32 Å². The Kier molecular flexibility index (Phi) is 7.40. The number of ether oxygens (including phenoxy) is 2. The SMILES string of the molecule is CCCOc1ccc(N2C(=O)NC(=O)/C(=C\c3ccc(-c4ccc(F)c(Cl)c4)o3)C2=O)cc1OCC. The molecule has 2 heterocycles. The maximum Gasteiger partial charge on any atom is 0.335 e. The Labute approximate surface area is 211 Å². The number of furan rings is 1. The molecule has 0 saturated carbocycles. The van der Waals surface area contributed by atoms with Crippen LogP contribution in [0.1, 0.15) is 26.0 Å². The summed E-state index contributed by atoms with van der Waals surface area (Å²) in [5, 5.41) is 2.10. The lowest BCUT2D eigenvalue weighted by atomic mass is 10.1. The van der Waals surface area contributed by atoms with Crippen LogP contribution >= 0.6 is 11.6 Å². The topological polar surface area (TPSA) is 98.1 Å². The number of hydrogen-bond acceptors (Lipinski definition) is 6. The molecular formula is C26H22ClFN2O6. The second-order valence-electron chi connectivity index (χ2n) is 7.70. The lowest BCUT2D eigenvalue weighted by Gasteiger charge is -2.27. The van der Waals surface area contributed by atoms with Gasteiger partial charge in [-0.3, -0.25) is 14.9 Å². The van der Waals surface area contributed by atoms with Crippen molar-refractivity contribution in [2.24, 2.45) is 0 Å². The van der Waals surface area contributed by atoms with Gasteiger partial charge in [0.05, 0.1) is 23.9 Å². The van der Waals surface area contributed by atoms with Gasteiger partial charge in [0.1, 0.15) is 22.9 Å². The summed E-state index contributed by atoms with van der Waals surface area (Å²) in [6.45, 7) is 4.58. The number of nitrogens with one attached hydrogen (secondary N) is 1. The number of hydrogen-bond donors (Lipinski definition) is 1. The fraction of sp³-hybridized carbons (Fsp3) is 0.192. The Balaban J connectivity index is 1.65. The van der Waals surface area contributed by atoms with Gasteiger partial charge in [-0.15, -0.1) is 0 Å². The molecule has 1 aliphatic rings. The average Bonchev–Trinajstić information content (AvgIpc) is 3.32. The summed E-state index contributed by atoms with van der Waals surface area (Å²) in [6, 6.07) is 11.0. The van der Waals surface area contributed by atoms with Crippen LogP contribution in [0, 0.1) is 5.82 Å². The van der Waals surface area contributed by atoms with Gasteiger partial charge in [0.25, 0.3) is 11.8 Å². The van der Waals surface area contributed by atoms with Crippen molar-refractivity contribution in [3.8, 4) is 22.8 Å². The number of anilines is 1. The molecule has 186 valence electrons. The highest BCUT2D eigenvalue weighted by molar-refractivity contribution is 6.39. The van der Waals surface area contributed by atoms with E-state index < -0.39 is 23.7 Å².